The fourth-order valence-electron chi connectivity index (χ4n) is 3.79. The molecule has 0 saturated carbocycles. The molecule has 16 N–H and O–H groups in total. The van der Waals surface area contributed by atoms with E-state index in [2.05, 4.69) is 44.9 Å². The summed E-state index contributed by atoms with van der Waals surface area (Å²) in [4.78, 5) is 37.1. The number of nitrogens with two attached hydrogens (primary N) is 6. The van der Waals surface area contributed by atoms with Crippen molar-refractivity contribution in [1.82, 2.24) is 44.9 Å². The quantitative estimate of drug-likeness (QED) is 0.183. The van der Waals surface area contributed by atoms with Gasteiger partial charge in [-0.25, -0.2) is 0 Å². The summed E-state index contributed by atoms with van der Waals surface area (Å²) in [5.41, 5.74) is 38.9. The van der Waals surface area contributed by atoms with Gasteiger partial charge in [-0.3, -0.25) is 0 Å². The minimum Gasteiger partial charge on any atom is -0.412 e. The standard InChI is InChI=1S/C18H21N15.2H2O/c1-4-7(10-25-13(19)31-14(20)26-10)5(2)9(12-29-17(23)33-18(24)30-12)6(3)8(4)11-27-15(21)32-16(22)28-11;;/h1-3H3,(H4,19,20,25,26,31)(H4,21,22,27,28,32)(H4,23,24,29,30,33);2*1H2. The monoisotopic (exact) mass is 483 g/mol. The number of anilines is 6. The summed E-state index contributed by atoms with van der Waals surface area (Å²) >= 11 is 0. The van der Waals surface area contributed by atoms with E-state index in [1.165, 1.54) is 0 Å². The van der Waals surface area contributed by atoms with Crippen molar-refractivity contribution in [2.75, 3.05) is 34.4 Å². The van der Waals surface area contributed by atoms with Crippen molar-refractivity contribution in [3.05, 3.63) is 16.7 Å². The molecule has 4 aromatic rings. The number of hydrogen-bond acceptors (Lipinski definition) is 15. The normalized spacial score (nSPS) is 10.4. The Hall–Kier alpha value is -5.03. The van der Waals surface area contributed by atoms with E-state index in [0.29, 0.717) is 33.4 Å². The van der Waals surface area contributed by atoms with Crippen LogP contribution in [0, 0.1) is 20.8 Å². The molecule has 0 aliphatic rings. The molecule has 184 valence electrons. The molecule has 0 unspecified atom stereocenters. The topological polar surface area (TPSA) is 335 Å². The number of aromatic nitrogens is 9. The fourth-order valence-corrected chi connectivity index (χ4v) is 3.79. The molecule has 0 spiro atoms. The number of rotatable bonds is 3. The van der Waals surface area contributed by atoms with Crippen molar-refractivity contribution in [2.45, 2.75) is 20.8 Å². The summed E-state index contributed by atoms with van der Waals surface area (Å²) in [5, 5.41) is 0. The van der Waals surface area contributed by atoms with Crippen molar-refractivity contribution >= 4 is 35.7 Å². The molecule has 0 fully saturated rings. The maximum atomic E-state index is 5.83. The molecular weight excluding hydrogens is 458 g/mol. The Bertz CT molecular complexity index is 1170. The molecule has 35 heavy (non-hydrogen) atoms. The van der Waals surface area contributed by atoms with Crippen LogP contribution in [0.25, 0.3) is 34.2 Å². The van der Waals surface area contributed by atoms with E-state index in [-0.39, 0.29) is 64.1 Å². The first-order valence-electron chi connectivity index (χ1n) is 9.51. The fraction of sp³-hybridized carbons (Fsp3) is 0.167. The van der Waals surface area contributed by atoms with E-state index in [4.69, 9.17) is 34.4 Å². The highest BCUT2D eigenvalue weighted by molar-refractivity contribution is 5.87. The van der Waals surface area contributed by atoms with E-state index >= 15 is 0 Å². The lowest BCUT2D eigenvalue weighted by Crippen LogP contribution is -2.11. The van der Waals surface area contributed by atoms with Crippen LogP contribution in [0.15, 0.2) is 0 Å². The third-order valence-corrected chi connectivity index (χ3v) is 4.93. The number of nitrogens with zero attached hydrogens (tertiary/aromatic N) is 9. The predicted molar refractivity (Wildman–Crippen MR) is 131 cm³/mol. The second-order valence-electron chi connectivity index (χ2n) is 7.13. The third kappa shape index (κ3) is 4.70. The average molecular weight is 484 g/mol. The Balaban J connectivity index is 0.00000216. The molecule has 0 atom stereocenters. The van der Waals surface area contributed by atoms with E-state index in [1.807, 2.05) is 20.8 Å². The van der Waals surface area contributed by atoms with Crippen LogP contribution in [-0.2, 0) is 0 Å². The van der Waals surface area contributed by atoms with Gasteiger partial charge in [0.2, 0.25) is 35.7 Å². The maximum Gasteiger partial charge on any atom is 0.225 e. The first-order chi connectivity index (χ1) is 15.5. The average Bonchev–Trinajstić information content (AvgIpc) is 2.65. The molecule has 0 aliphatic carbocycles. The number of benzene rings is 1. The first-order valence-corrected chi connectivity index (χ1v) is 9.51. The summed E-state index contributed by atoms with van der Waals surface area (Å²) in [7, 11) is 0. The third-order valence-electron chi connectivity index (χ3n) is 4.93. The molecule has 17 heteroatoms. The van der Waals surface area contributed by atoms with Gasteiger partial charge < -0.3 is 45.4 Å². The molecule has 0 saturated heterocycles. The lowest BCUT2D eigenvalue weighted by molar-refractivity contribution is 0.823. The van der Waals surface area contributed by atoms with Crippen LogP contribution in [0.4, 0.5) is 35.7 Å². The maximum absolute atomic E-state index is 5.83. The van der Waals surface area contributed by atoms with Crippen LogP contribution >= 0.6 is 0 Å². The van der Waals surface area contributed by atoms with Crippen molar-refractivity contribution in [3.63, 3.8) is 0 Å². The van der Waals surface area contributed by atoms with Crippen LogP contribution in [0.1, 0.15) is 16.7 Å². The molecular formula is C18H25N15O2. The molecule has 1 aromatic carbocycles. The van der Waals surface area contributed by atoms with Gasteiger partial charge in [-0.2, -0.15) is 44.9 Å². The smallest absolute Gasteiger partial charge is 0.225 e. The van der Waals surface area contributed by atoms with Gasteiger partial charge in [0.05, 0.1) is 0 Å². The van der Waals surface area contributed by atoms with E-state index < -0.39 is 0 Å². The van der Waals surface area contributed by atoms with Crippen LogP contribution in [0.5, 0.6) is 0 Å². The molecule has 3 heterocycles. The highest BCUT2D eigenvalue weighted by Gasteiger charge is 2.26. The van der Waals surface area contributed by atoms with Crippen LogP contribution in [0.3, 0.4) is 0 Å². The molecule has 17 nitrogen and oxygen atoms in total. The summed E-state index contributed by atoms with van der Waals surface area (Å²) in [5.74, 6) is 0.478. The number of hydrogen-bond donors (Lipinski definition) is 6. The molecule has 0 aliphatic heterocycles. The van der Waals surface area contributed by atoms with Crippen molar-refractivity contribution in [3.8, 4) is 34.2 Å². The summed E-state index contributed by atoms with van der Waals surface area (Å²) in [6.45, 7) is 5.53. The molecule has 0 bridgehead atoms. The Morgan fingerprint density at radius 1 is 0.343 bits per heavy atom. The Morgan fingerprint density at radius 3 is 0.686 bits per heavy atom. The Morgan fingerprint density at radius 2 is 0.514 bits per heavy atom. The molecule has 3 aromatic heterocycles. The molecule has 4 rings (SSSR count). The highest BCUT2D eigenvalue weighted by Crippen LogP contribution is 2.41. The second kappa shape index (κ2) is 9.45. The zero-order valence-corrected chi connectivity index (χ0v) is 19.0. The van der Waals surface area contributed by atoms with Gasteiger partial charge in [-0.05, 0) is 37.5 Å². The Kier molecular flexibility index (Phi) is 7.08. The van der Waals surface area contributed by atoms with Gasteiger partial charge in [0.15, 0.2) is 17.5 Å². The highest BCUT2D eigenvalue weighted by atomic mass is 16.0. The van der Waals surface area contributed by atoms with Crippen LogP contribution < -0.4 is 34.4 Å². The van der Waals surface area contributed by atoms with Gasteiger partial charge in [-0.15, -0.1) is 0 Å². The minimum absolute atomic E-state index is 0. The van der Waals surface area contributed by atoms with Crippen molar-refractivity contribution in [1.29, 1.82) is 0 Å². The van der Waals surface area contributed by atoms with Gasteiger partial charge >= 0.3 is 0 Å². The lowest BCUT2D eigenvalue weighted by atomic mass is 9.87. The zero-order chi connectivity index (χ0) is 24.0. The molecule has 0 radical (unpaired) electrons. The Labute approximate surface area is 198 Å². The van der Waals surface area contributed by atoms with E-state index in [0.717, 1.165) is 0 Å². The summed E-state index contributed by atoms with van der Waals surface area (Å²) < 4.78 is 0. The SMILES string of the molecule is Cc1c(-c2nc(N)nc(N)n2)c(C)c(-c2nc(N)nc(N)n2)c(C)c1-c1nc(N)nc(N)n1.O.O. The van der Waals surface area contributed by atoms with Gasteiger partial charge in [0.1, 0.15) is 0 Å². The van der Waals surface area contributed by atoms with Crippen molar-refractivity contribution < 1.29 is 11.0 Å². The van der Waals surface area contributed by atoms with Gasteiger partial charge in [0.25, 0.3) is 0 Å². The van der Waals surface area contributed by atoms with E-state index in [9.17, 15) is 0 Å². The first kappa shape index (κ1) is 26.2. The predicted octanol–water partition coefficient (Wildman–Crippen LogP) is -1.99. The minimum atomic E-state index is -0.0396. The largest absolute Gasteiger partial charge is 0.412 e. The zero-order valence-electron chi connectivity index (χ0n) is 19.0. The van der Waals surface area contributed by atoms with Crippen molar-refractivity contribution in [2.24, 2.45) is 0 Å². The summed E-state index contributed by atoms with van der Waals surface area (Å²) in [6, 6.07) is 0. The van der Waals surface area contributed by atoms with Crippen LogP contribution in [-0.4, -0.2) is 55.8 Å². The lowest BCUT2D eigenvalue weighted by Gasteiger charge is -2.21. The van der Waals surface area contributed by atoms with Crippen LogP contribution in [0.2, 0.25) is 0 Å². The van der Waals surface area contributed by atoms with E-state index in [1.54, 1.807) is 0 Å². The molecule has 0 amide bonds. The van der Waals surface area contributed by atoms with Gasteiger partial charge in [-0.1, -0.05) is 0 Å². The van der Waals surface area contributed by atoms with Gasteiger partial charge in [0, 0.05) is 16.7 Å². The second-order valence-corrected chi connectivity index (χ2v) is 7.13. The number of nitrogen functional groups attached to an aromatic ring is 6. The summed E-state index contributed by atoms with van der Waals surface area (Å²) in [6.07, 6.45) is 0.